The van der Waals surface area contributed by atoms with Gasteiger partial charge in [-0.25, -0.2) is 4.63 Å². The maximum absolute atomic E-state index is 12.3. The third-order valence-electron chi connectivity index (χ3n) is 3.19. The van der Waals surface area contributed by atoms with Gasteiger partial charge in [0.05, 0.1) is 6.42 Å². The van der Waals surface area contributed by atoms with E-state index < -0.39 is 0 Å². The summed E-state index contributed by atoms with van der Waals surface area (Å²) in [7, 11) is 1.77. The number of aromatic nitrogens is 2. The van der Waals surface area contributed by atoms with Crippen molar-refractivity contribution < 1.29 is 9.42 Å². The zero-order chi connectivity index (χ0) is 13.9. The van der Waals surface area contributed by atoms with Crippen molar-refractivity contribution in [1.82, 2.24) is 10.3 Å². The molecule has 0 radical (unpaired) electrons. The molecule has 3 rings (SSSR count). The van der Waals surface area contributed by atoms with Crippen LogP contribution in [0.25, 0.3) is 11.0 Å². The molecule has 0 N–H and O–H groups in total. The van der Waals surface area contributed by atoms with Gasteiger partial charge in [-0.05, 0) is 40.1 Å². The lowest BCUT2D eigenvalue weighted by atomic mass is 10.1. The SMILES string of the molecule is CN(C(=O)Cc1ccc2nonc2c1)c1ccccc1. The van der Waals surface area contributed by atoms with Crippen LogP contribution in [-0.2, 0) is 11.2 Å². The van der Waals surface area contributed by atoms with Crippen LogP contribution in [0, 0.1) is 0 Å². The van der Waals surface area contributed by atoms with Gasteiger partial charge in [-0.3, -0.25) is 4.79 Å². The molecule has 5 nitrogen and oxygen atoms in total. The molecule has 0 atom stereocenters. The molecule has 3 aromatic rings. The largest absolute Gasteiger partial charge is 0.315 e. The number of carbonyl (C=O) groups excluding carboxylic acids is 1. The summed E-state index contributed by atoms with van der Waals surface area (Å²) >= 11 is 0. The van der Waals surface area contributed by atoms with E-state index >= 15 is 0 Å². The van der Waals surface area contributed by atoms with Crippen molar-refractivity contribution in [3.63, 3.8) is 0 Å². The number of carbonyl (C=O) groups is 1. The minimum Gasteiger partial charge on any atom is -0.315 e. The van der Waals surface area contributed by atoms with Crippen LogP contribution in [0.3, 0.4) is 0 Å². The number of amides is 1. The summed E-state index contributed by atoms with van der Waals surface area (Å²) in [6, 6.07) is 15.0. The van der Waals surface area contributed by atoms with Gasteiger partial charge < -0.3 is 4.90 Å². The Kier molecular flexibility index (Phi) is 3.16. The van der Waals surface area contributed by atoms with Crippen LogP contribution in [0.1, 0.15) is 5.56 Å². The summed E-state index contributed by atoms with van der Waals surface area (Å²) < 4.78 is 4.65. The van der Waals surface area contributed by atoms with Crippen LogP contribution in [0.15, 0.2) is 53.2 Å². The van der Waals surface area contributed by atoms with Crippen molar-refractivity contribution in [3.05, 3.63) is 54.1 Å². The van der Waals surface area contributed by atoms with Crippen molar-refractivity contribution in [2.75, 3.05) is 11.9 Å². The Bertz CT molecular complexity index is 737. The lowest BCUT2D eigenvalue weighted by Crippen LogP contribution is -2.27. The van der Waals surface area contributed by atoms with Crippen LogP contribution >= 0.6 is 0 Å². The molecule has 0 saturated heterocycles. The maximum Gasteiger partial charge on any atom is 0.231 e. The molecule has 0 aliphatic heterocycles. The molecule has 100 valence electrons. The molecule has 1 heterocycles. The van der Waals surface area contributed by atoms with Crippen molar-refractivity contribution in [2.45, 2.75) is 6.42 Å². The lowest BCUT2D eigenvalue weighted by molar-refractivity contribution is -0.117. The lowest BCUT2D eigenvalue weighted by Gasteiger charge is -2.17. The second kappa shape index (κ2) is 5.13. The standard InChI is InChI=1S/C15H13N3O2/c1-18(12-5-3-2-4-6-12)15(19)10-11-7-8-13-14(9-11)17-20-16-13/h2-9H,10H2,1H3. The summed E-state index contributed by atoms with van der Waals surface area (Å²) in [5.41, 5.74) is 3.12. The second-order valence-electron chi connectivity index (χ2n) is 4.55. The summed E-state index contributed by atoms with van der Waals surface area (Å²) in [6.45, 7) is 0. The van der Waals surface area contributed by atoms with E-state index in [1.807, 2.05) is 42.5 Å². The van der Waals surface area contributed by atoms with E-state index in [1.165, 1.54) is 0 Å². The van der Waals surface area contributed by atoms with E-state index in [2.05, 4.69) is 14.9 Å². The molecule has 5 heteroatoms. The third kappa shape index (κ3) is 2.38. The zero-order valence-corrected chi connectivity index (χ0v) is 11.0. The number of nitrogens with zero attached hydrogens (tertiary/aromatic N) is 3. The van der Waals surface area contributed by atoms with E-state index in [-0.39, 0.29) is 5.91 Å². The van der Waals surface area contributed by atoms with Gasteiger partial charge in [0, 0.05) is 12.7 Å². The van der Waals surface area contributed by atoms with Crippen LogP contribution in [0.4, 0.5) is 5.69 Å². The van der Waals surface area contributed by atoms with E-state index in [1.54, 1.807) is 18.0 Å². The minimum absolute atomic E-state index is 0.0204. The smallest absolute Gasteiger partial charge is 0.231 e. The highest BCUT2D eigenvalue weighted by molar-refractivity contribution is 5.94. The Labute approximate surface area is 115 Å². The quantitative estimate of drug-likeness (QED) is 0.731. The topological polar surface area (TPSA) is 59.2 Å². The first-order valence-corrected chi connectivity index (χ1v) is 6.27. The highest BCUT2D eigenvalue weighted by atomic mass is 16.6. The predicted octanol–water partition coefficient (Wildman–Crippen LogP) is 2.43. The number of rotatable bonds is 3. The molecule has 0 saturated carbocycles. The Balaban J connectivity index is 1.78. The van der Waals surface area contributed by atoms with Crippen LogP contribution in [0.2, 0.25) is 0 Å². The van der Waals surface area contributed by atoms with Crippen molar-refractivity contribution in [1.29, 1.82) is 0 Å². The molecular weight excluding hydrogens is 254 g/mol. The fraction of sp³-hybridized carbons (Fsp3) is 0.133. The van der Waals surface area contributed by atoms with Gasteiger partial charge in [-0.15, -0.1) is 0 Å². The third-order valence-corrected chi connectivity index (χ3v) is 3.19. The number of hydrogen-bond donors (Lipinski definition) is 0. The summed E-state index contributed by atoms with van der Waals surface area (Å²) in [4.78, 5) is 13.9. The molecule has 0 spiro atoms. The fourth-order valence-electron chi connectivity index (χ4n) is 2.03. The van der Waals surface area contributed by atoms with Crippen LogP contribution < -0.4 is 4.90 Å². The maximum atomic E-state index is 12.3. The number of hydrogen-bond acceptors (Lipinski definition) is 4. The molecular formula is C15H13N3O2. The number of fused-ring (bicyclic) bond motifs is 1. The highest BCUT2D eigenvalue weighted by Gasteiger charge is 2.12. The first-order valence-electron chi connectivity index (χ1n) is 6.27. The monoisotopic (exact) mass is 267 g/mol. The molecule has 20 heavy (non-hydrogen) atoms. The van der Waals surface area contributed by atoms with Crippen LogP contribution in [0.5, 0.6) is 0 Å². The number of likely N-dealkylation sites (N-methyl/N-ethyl adjacent to an activating group) is 1. The second-order valence-corrected chi connectivity index (χ2v) is 4.55. The molecule has 1 amide bonds. The minimum atomic E-state index is 0.0204. The van der Waals surface area contributed by atoms with Gasteiger partial charge in [0.15, 0.2) is 0 Å². The predicted molar refractivity (Wildman–Crippen MR) is 75.4 cm³/mol. The van der Waals surface area contributed by atoms with Crippen molar-refractivity contribution in [3.8, 4) is 0 Å². The van der Waals surface area contributed by atoms with Gasteiger partial charge in [-0.2, -0.15) is 0 Å². The zero-order valence-electron chi connectivity index (χ0n) is 11.0. The average Bonchev–Trinajstić information content (AvgIpc) is 2.95. The summed E-state index contributed by atoms with van der Waals surface area (Å²) in [5, 5.41) is 7.52. The summed E-state index contributed by atoms with van der Waals surface area (Å²) in [6.07, 6.45) is 0.314. The van der Waals surface area contributed by atoms with Crippen molar-refractivity contribution >= 4 is 22.6 Å². The molecule has 0 aliphatic rings. The van der Waals surface area contributed by atoms with Crippen LogP contribution in [-0.4, -0.2) is 23.3 Å². The number of para-hydroxylation sites is 1. The molecule has 0 fully saturated rings. The normalized spacial score (nSPS) is 10.7. The van der Waals surface area contributed by atoms with E-state index in [0.29, 0.717) is 17.5 Å². The molecule has 0 unspecified atom stereocenters. The summed E-state index contributed by atoms with van der Waals surface area (Å²) in [5.74, 6) is 0.0204. The fourth-order valence-corrected chi connectivity index (χ4v) is 2.03. The van der Waals surface area contributed by atoms with Gasteiger partial charge in [0.2, 0.25) is 5.91 Å². The van der Waals surface area contributed by atoms with E-state index in [9.17, 15) is 4.79 Å². The van der Waals surface area contributed by atoms with Gasteiger partial charge in [-0.1, -0.05) is 24.3 Å². The van der Waals surface area contributed by atoms with E-state index in [4.69, 9.17) is 0 Å². The first kappa shape index (κ1) is 12.3. The Morgan fingerprint density at radius 3 is 2.65 bits per heavy atom. The Hall–Kier alpha value is -2.69. The average molecular weight is 267 g/mol. The van der Waals surface area contributed by atoms with Gasteiger partial charge >= 0.3 is 0 Å². The Morgan fingerprint density at radius 1 is 1.10 bits per heavy atom. The molecule has 2 aromatic carbocycles. The van der Waals surface area contributed by atoms with E-state index in [0.717, 1.165) is 11.3 Å². The first-order chi connectivity index (χ1) is 9.74. The van der Waals surface area contributed by atoms with Crippen molar-refractivity contribution in [2.24, 2.45) is 0 Å². The molecule has 1 aromatic heterocycles. The van der Waals surface area contributed by atoms with Gasteiger partial charge in [0.1, 0.15) is 11.0 Å². The Morgan fingerprint density at radius 2 is 1.85 bits per heavy atom. The molecule has 0 bridgehead atoms. The molecule has 0 aliphatic carbocycles. The number of anilines is 1. The number of benzene rings is 2. The van der Waals surface area contributed by atoms with Gasteiger partial charge in [0.25, 0.3) is 0 Å². The highest BCUT2D eigenvalue weighted by Crippen LogP contribution is 2.15.